The minimum atomic E-state index is -0.203. The average Bonchev–Trinajstić information content (AvgIpc) is 2.37. The molecule has 0 spiro atoms. The van der Waals surface area contributed by atoms with E-state index in [0.717, 1.165) is 4.47 Å². The quantitative estimate of drug-likeness (QED) is 0.721. The van der Waals surface area contributed by atoms with Crippen molar-refractivity contribution in [1.82, 2.24) is 0 Å². The molecule has 0 N–H and O–H groups in total. The zero-order chi connectivity index (χ0) is 14.0. The van der Waals surface area contributed by atoms with Gasteiger partial charge < -0.3 is 4.74 Å². The molecule has 0 radical (unpaired) electrons. The smallest absolute Gasteiger partial charge is 0.198 e. The fraction of sp³-hybridized carbons (Fsp3) is 0.0714. The Labute approximate surface area is 129 Å². The summed E-state index contributed by atoms with van der Waals surface area (Å²) in [5, 5.41) is 0.812. The molecule has 0 unspecified atom stereocenters. The highest BCUT2D eigenvalue weighted by Crippen LogP contribution is 2.29. The summed E-state index contributed by atoms with van der Waals surface area (Å²) in [4.78, 5) is 12.4. The zero-order valence-electron chi connectivity index (χ0n) is 9.91. The van der Waals surface area contributed by atoms with Crippen LogP contribution in [-0.2, 0) is 0 Å². The first-order valence-corrected chi connectivity index (χ1v) is 6.91. The summed E-state index contributed by atoms with van der Waals surface area (Å²) < 4.78 is 6.05. The van der Waals surface area contributed by atoms with Gasteiger partial charge in [0.2, 0.25) is 0 Å². The number of carbonyl (C=O) groups excluding carboxylic acids is 1. The van der Waals surface area contributed by atoms with Gasteiger partial charge in [-0.25, -0.2) is 0 Å². The topological polar surface area (TPSA) is 26.3 Å². The minimum absolute atomic E-state index is 0.203. The molecule has 0 aromatic heterocycles. The first-order chi connectivity index (χ1) is 9.02. The van der Waals surface area contributed by atoms with Crippen molar-refractivity contribution in [2.45, 2.75) is 0 Å². The fourth-order valence-electron chi connectivity index (χ4n) is 1.67. The van der Waals surface area contributed by atoms with E-state index in [0.29, 0.717) is 26.9 Å². The van der Waals surface area contributed by atoms with Crippen molar-refractivity contribution >= 4 is 44.9 Å². The van der Waals surface area contributed by atoms with Gasteiger partial charge in [-0.3, -0.25) is 4.79 Å². The Kier molecular flexibility index (Phi) is 4.50. The van der Waals surface area contributed by atoms with Gasteiger partial charge in [-0.2, -0.15) is 0 Å². The lowest BCUT2D eigenvalue weighted by molar-refractivity contribution is 0.103. The maximum absolute atomic E-state index is 12.4. The number of ketones is 1. The Morgan fingerprint density at radius 2 is 1.79 bits per heavy atom. The van der Waals surface area contributed by atoms with E-state index in [2.05, 4.69) is 15.9 Å². The lowest BCUT2D eigenvalue weighted by atomic mass is 10.0. The van der Waals surface area contributed by atoms with Crippen molar-refractivity contribution in [1.29, 1.82) is 0 Å². The molecule has 2 rings (SSSR count). The van der Waals surface area contributed by atoms with E-state index in [1.54, 1.807) is 36.4 Å². The van der Waals surface area contributed by atoms with Crippen LogP contribution in [-0.4, -0.2) is 12.9 Å². The van der Waals surface area contributed by atoms with Crippen LogP contribution in [0.25, 0.3) is 0 Å². The fourth-order valence-corrected chi connectivity index (χ4v) is 2.51. The maximum atomic E-state index is 12.4. The van der Waals surface area contributed by atoms with Gasteiger partial charge in [-0.15, -0.1) is 0 Å². The van der Waals surface area contributed by atoms with Gasteiger partial charge in [-0.05, 0) is 36.4 Å². The number of hydrogen-bond acceptors (Lipinski definition) is 2. The summed E-state index contributed by atoms with van der Waals surface area (Å²) in [6, 6.07) is 9.98. The van der Waals surface area contributed by atoms with Crippen molar-refractivity contribution in [3.8, 4) is 5.75 Å². The number of carbonyl (C=O) groups is 1. The molecule has 0 aliphatic carbocycles. The van der Waals surface area contributed by atoms with Crippen molar-refractivity contribution in [3.63, 3.8) is 0 Å². The van der Waals surface area contributed by atoms with Crippen molar-refractivity contribution < 1.29 is 9.53 Å². The highest BCUT2D eigenvalue weighted by molar-refractivity contribution is 9.10. The van der Waals surface area contributed by atoms with Crippen molar-refractivity contribution in [2.24, 2.45) is 0 Å². The van der Waals surface area contributed by atoms with Crippen LogP contribution in [0.3, 0.4) is 0 Å². The van der Waals surface area contributed by atoms with E-state index >= 15 is 0 Å². The predicted molar refractivity (Wildman–Crippen MR) is 80.6 cm³/mol. The molecule has 0 amide bonds. The number of benzene rings is 2. The third-order valence-corrected chi connectivity index (χ3v) is 3.63. The molecule has 0 saturated carbocycles. The Balaban J connectivity index is 2.50. The Morgan fingerprint density at radius 3 is 2.42 bits per heavy atom. The summed E-state index contributed by atoms with van der Waals surface area (Å²) in [6.07, 6.45) is 0. The number of rotatable bonds is 3. The van der Waals surface area contributed by atoms with Crippen LogP contribution in [0.5, 0.6) is 5.75 Å². The van der Waals surface area contributed by atoms with Gasteiger partial charge in [0, 0.05) is 15.1 Å². The zero-order valence-corrected chi connectivity index (χ0v) is 13.0. The second kappa shape index (κ2) is 5.95. The van der Waals surface area contributed by atoms with Gasteiger partial charge in [-0.1, -0.05) is 39.1 Å². The predicted octanol–water partition coefficient (Wildman–Crippen LogP) is 5.00. The second-order valence-corrected chi connectivity index (χ2v) is 5.56. The number of ether oxygens (including phenoxy) is 1. The standard InChI is InChI=1S/C14H9BrCl2O2/c1-19-13-6-8(15)2-4-11(13)14(18)10-5-3-9(16)7-12(10)17/h2-7H,1H3. The van der Waals surface area contributed by atoms with Crippen molar-refractivity contribution in [3.05, 3.63) is 62.0 Å². The minimum Gasteiger partial charge on any atom is -0.496 e. The van der Waals surface area contributed by atoms with Crippen LogP contribution in [0.1, 0.15) is 15.9 Å². The van der Waals surface area contributed by atoms with Crippen LogP contribution in [0.2, 0.25) is 10.0 Å². The molecule has 0 atom stereocenters. The third kappa shape index (κ3) is 3.11. The largest absolute Gasteiger partial charge is 0.496 e. The van der Waals surface area contributed by atoms with Gasteiger partial charge in [0.15, 0.2) is 5.78 Å². The first-order valence-electron chi connectivity index (χ1n) is 5.36. The molecule has 98 valence electrons. The lowest BCUT2D eigenvalue weighted by Crippen LogP contribution is -2.04. The molecule has 0 heterocycles. The van der Waals surface area contributed by atoms with Crippen LogP contribution in [0.15, 0.2) is 40.9 Å². The van der Waals surface area contributed by atoms with E-state index in [1.807, 2.05) is 0 Å². The molecule has 0 fully saturated rings. The lowest BCUT2D eigenvalue weighted by Gasteiger charge is -2.09. The van der Waals surface area contributed by atoms with Gasteiger partial charge in [0.25, 0.3) is 0 Å². The molecule has 0 aliphatic rings. The Morgan fingerprint density at radius 1 is 1.11 bits per heavy atom. The van der Waals surface area contributed by atoms with Crippen LogP contribution < -0.4 is 4.74 Å². The van der Waals surface area contributed by atoms with E-state index in [-0.39, 0.29) is 5.78 Å². The van der Waals surface area contributed by atoms with E-state index in [1.165, 1.54) is 7.11 Å². The second-order valence-electron chi connectivity index (χ2n) is 3.80. The van der Waals surface area contributed by atoms with Gasteiger partial charge in [0.1, 0.15) is 5.75 Å². The van der Waals surface area contributed by atoms with E-state index in [9.17, 15) is 4.79 Å². The summed E-state index contributed by atoms with van der Waals surface area (Å²) in [6.45, 7) is 0. The molecule has 5 heteroatoms. The molecular formula is C14H9BrCl2O2. The van der Waals surface area contributed by atoms with E-state index in [4.69, 9.17) is 27.9 Å². The molecule has 19 heavy (non-hydrogen) atoms. The molecule has 0 saturated heterocycles. The van der Waals surface area contributed by atoms with Crippen LogP contribution >= 0.6 is 39.1 Å². The van der Waals surface area contributed by atoms with Crippen LogP contribution in [0, 0.1) is 0 Å². The summed E-state index contributed by atoms with van der Waals surface area (Å²) >= 11 is 15.2. The van der Waals surface area contributed by atoms with Gasteiger partial charge in [0.05, 0.1) is 17.7 Å². The summed E-state index contributed by atoms with van der Waals surface area (Å²) in [5.41, 5.74) is 0.849. The monoisotopic (exact) mass is 358 g/mol. The van der Waals surface area contributed by atoms with E-state index < -0.39 is 0 Å². The highest BCUT2D eigenvalue weighted by atomic mass is 79.9. The maximum Gasteiger partial charge on any atom is 0.198 e. The number of halogens is 3. The molecule has 2 aromatic rings. The molecule has 0 aliphatic heterocycles. The van der Waals surface area contributed by atoms with Crippen LogP contribution in [0.4, 0.5) is 0 Å². The van der Waals surface area contributed by atoms with Crippen molar-refractivity contribution in [2.75, 3.05) is 7.11 Å². The molecule has 2 nitrogen and oxygen atoms in total. The molecular weight excluding hydrogens is 351 g/mol. The summed E-state index contributed by atoms with van der Waals surface area (Å²) in [5.74, 6) is 0.288. The van der Waals surface area contributed by atoms with Gasteiger partial charge >= 0.3 is 0 Å². The number of hydrogen-bond donors (Lipinski definition) is 0. The highest BCUT2D eigenvalue weighted by Gasteiger charge is 2.17. The Hall–Kier alpha value is -1.03. The average molecular weight is 360 g/mol. The SMILES string of the molecule is COc1cc(Br)ccc1C(=O)c1ccc(Cl)cc1Cl. The molecule has 0 bridgehead atoms. The third-order valence-electron chi connectivity index (χ3n) is 2.58. The Bertz CT molecular complexity index is 641. The number of methoxy groups -OCH3 is 1. The molecule has 2 aromatic carbocycles. The summed E-state index contributed by atoms with van der Waals surface area (Å²) in [7, 11) is 1.52. The normalized spacial score (nSPS) is 10.3. The first kappa shape index (κ1) is 14.4.